The Hall–Kier alpha value is -3.34. The Labute approximate surface area is 184 Å². The van der Waals surface area contributed by atoms with E-state index in [0.717, 1.165) is 0 Å². The van der Waals surface area contributed by atoms with Crippen molar-refractivity contribution in [2.45, 2.75) is 11.8 Å². The van der Waals surface area contributed by atoms with E-state index in [2.05, 4.69) is 5.32 Å². The highest BCUT2D eigenvalue weighted by Crippen LogP contribution is 2.34. The number of nitrogens with zero attached hydrogens (tertiary/aromatic N) is 1. The summed E-state index contributed by atoms with van der Waals surface area (Å²) < 4.78 is 37.4. The number of amides is 1. The van der Waals surface area contributed by atoms with Gasteiger partial charge in [-0.15, -0.1) is 0 Å². The van der Waals surface area contributed by atoms with Crippen LogP contribution in [-0.2, 0) is 24.3 Å². The number of benzene rings is 2. The quantitative estimate of drug-likeness (QED) is 0.316. The maximum absolute atomic E-state index is 13.0. The van der Waals surface area contributed by atoms with Gasteiger partial charge in [0.25, 0.3) is 5.91 Å². The average molecular weight is 456 g/mol. The van der Waals surface area contributed by atoms with Crippen molar-refractivity contribution in [3.8, 4) is 5.75 Å². The Balaban J connectivity index is 1.64. The predicted molar refractivity (Wildman–Crippen MR) is 115 cm³/mol. The molecule has 0 aromatic heterocycles. The summed E-state index contributed by atoms with van der Waals surface area (Å²) in [4.78, 5) is 36.2. The SMILES string of the molecule is CC(=O)Oc1ccc(C(=O)/C=C2/C(=O)Nc3ccc(S(=O)(=O)N4CCOCC4)cc32)cc1. The number of nitrogens with one attached hydrogen (secondary N) is 1. The van der Waals surface area contributed by atoms with E-state index < -0.39 is 27.7 Å². The lowest BCUT2D eigenvalue weighted by molar-refractivity contribution is -0.131. The number of ether oxygens (including phenoxy) is 2. The van der Waals surface area contributed by atoms with Gasteiger partial charge in [-0.05, 0) is 48.5 Å². The number of hydrogen-bond donors (Lipinski definition) is 1. The highest BCUT2D eigenvalue weighted by Gasteiger charge is 2.31. The molecule has 166 valence electrons. The molecular weight excluding hydrogens is 436 g/mol. The molecule has 1 fully saturated rings. The molecule has 1 N–H and O–H groups in total. The van der Waals surface area contributed by atoms with E-state index in [1.807, 2.05) is 0 Å². The Morgan fingerprint density at radius 3 is 2.44 bits per heavy atom. The molecule has 0 radical (unpaired) electrons. The van der Waals surface area contributed by atoms with Crippen LogP contribution in [0.5, 0.6) is 5.75 Å². The van der Waals surface area contributed by atoms with Crippen LogP contribution in [0.1, 0.15) is 22.8 Å². The number of allylic oxidation sites excluding steroid dienone is 1. The van der Waals surface area contributed by atoms with E-state index in [1.165, 1.54) is 59.8 Å². The second-order valence-corrected chi connectivity index (χ2v) is 9.16. The van der Waals surface area contributed by atoms with Crippen molar-refractivity contribution in [1.29, 1.82) is 0 Å². The lowest BCUT2D eigenvalue weighted by Crippen LogP contribution is -2.40. The summed E-state index contributed by atoms with van der Waals surface area (Å²) in [5, 5.41) is 2.65. The van der Waals surface area contributed by atoms with Crippen LogP contribution in [-0.4, -0.2) is 56.7 Å². The number of carbonyl (C=O) groups is 3. The number of rotatable bonds is 5. The highest BCUT2D eigenvalue weighted by atomic mass is 32.2. The van der Waals surface area contributed by atoms with E-state index in [0.29, 0.717) is 30.2 Å². The summed E-state index contributed by atoms with van der Waals surface area (Å²) in [5.41, 5.74) is 1.13. The van der Waals surface area contributed by atoms with Crippen LogP contribution in [0.25, 0.3) is 5.57 Å². The molecule has 2 aliphatic rings. The molecular formula is C22H20N2O7S. The third-order valence-corrected chi connectivity index (χ3v) is 6.95. The average Bonchev–Trinajstić information content (AvgIpc) is 3.08. The Morgan fingerprint density at radius 1 is 1.09 bits per heavy atom. The van der Waals surface area contributed by atoms with Gasteiger partial charge in [0.05, 0.1) is 23.7 Å². The fraction of sp³-hybridized carbons (Fsp3) is 0.227. The van der Waals surface area contributed by atoms with Crippen molar-refractivity contribution in [3.63, 3.8) is 0 Å². The molecule has 0 unspecified atom stereocenters. The summed E-state index contributed by atoms with van der Waals surface area (Å²) in [7, 11) is -3.76. The van der Waals surface area contributed by atoms with Gasteiger partial charge in [-0.1, -0.05) is 0 Å². The number of hydrogen-bond acceptors (Lipinski definition) is 7. The van der Waals surface area contributed by atoms with Gasteiger partial charge in [0.15, 0.2) is 5.78 Å². The normalized spacial score (nSPS) is 17.7. The lowest BCUT2D eigenvalue weighted by atomic mass is 10.0. The van der Waals surface area contributed by atoms with E-state index in [1.54, 1.807) is 0 Å². The van der Waals surface area contributed by atoms with Gasteiger partial charge in [-0.25, -0.2) is 8.42 Å². The number of anilines is 1. The van der Waals surface area contributed by atoms with Crippen LogP contribution < -0.4 is 10.1 Å². The monoisotopic (exact) mass is 456 g/mol. The molecule has 0 bridgehead atoms. The molecule has 2 aliphatic heterocycles. The highest BCUT2D eigenvalue weighted by molar-refractivity contribution is 7.89. The smallest absolute Gasteiger partial charge is 0.308 e. The standard InChI is InChI=1S/C22H20N2O7S/c1-14(25)31-16-4-2-15(3-5-16)21(26)13-19-18-12-17(6-7-20(18)23-22(19)27)32(28,29)24-8-10-30-11-9-24/h2-7,12-13H,8-11H2,1H3,(H,23,27)/b19-13+. The van der Waals surface area contributed by atoms with Crippen LogP contribution in [0.3, 0.4) is 0 Å². The predicted octanol–water partition coefficient (Wildman–Crippen LogP) is 1.85. The zero-order valence-electron chi connectivity index (χ0n) is 17.2. The lowest BCUT2D eigenvalue weighted by Gasteiger charge is -2.26. The first-order valence-corrected chi connectivity index (χ1v) is 11.3. The van der Waals surface area contributed by atoms with E-state index in [9.17, 15) is 22.8 Å². The van der Waals surface area contributed by atoms with Crippen LogP contribution in [0.15, 0.2) is 53.4 Å². The summed E-state index contributed by atoms with van der Waals surface area (Å²) in [6.45, 7) is 2.41. The second kappa shape index (κ2) is 8.65. The van der Waals surface area contributed by atoms with Gasteiger partial charge in [-0.2, -0.15) is 4.31 Å². The number of fused-ring (bicyclic) bond motifs is 1. The van der Waals surface area contributed by atoms with Gasteiger partial charge < -0.3 is 14.8 Å². The fourth-order valence-electron chi connectivity index (χ4n) is 3.47. The number of carbonyl (C=O) groups excluding carboxylic acids is 3. The number of esters is 1. The van der Waals surface area contributed by atoms with Crippen molar-refractivity contribution in [3.05, 3.63) is 59.7 Å². The van der Waals surface area contributed by atoms with Crippen molar-refractivity contribution < 1.29 is 32.3 Å². The zero-order valence-corrected chi connectivity index (χ0v) is 18.0. The first-order chi connectivity index (χ1) is 15.3. The van der Waals surface area contributed by atoms with Crippen LogP contribution in [0.2, 0.25) is 0 Å². The molecule has 0 atom stereocenters. The molecule has 1 amide bonds. The first-order valence-electron chi connectivity index (χ1n) is 9.84. The minimum absolute atomic E-state index is 0.0405. The van der Waals surface area contributed by atoms with E-state index in [-0.39, 0.29) is 29.1 Å². The molecule has 0 aliphatic carbocycles. The molecule has 2 aromatic carbocycles. The molecule has 4 rings (SSSR count). The van der Waals surface area contributed by atoms with Gasteiger partial charge in [-0.3, -0.25) is 14.4 Å². The van der Waals surface area contributed by atoms with Crippen LogP contribution >= 0.6 is 0 Å². The van der Waals surface area contributed by atoms with Gasteiger partial charge in [0.2, 0.25) is 10.0 Å². The Bertz CT molecular complexity index is 1230. The van der Waals surface area contributed by atoms with Gasteiger partial charge in [0.1, 0.15) is 5.75 Å². The number of sulfonamides is 1. The van der Waals surface area contributed by atoms with Gasteiger partial charge >= 0.3 is 5.97 Å². The number of morpholine rings is 1. The van der Waals surface area contributed by atoms with Crippen LogP contribution in [0, 0.1) is 0 Å². The molecule has 32 heavy (non-hydrogen) atoms. The van der Waals surface area contributed by atoms with E-state index >= 15 is 0 Å². The maximum Gasteiger partial charge on any atom is 0.308 e. The van der Waals surface area contributed by atoms with Crippen molar-refractivity contribution in [2.24, 2.45) is 0 Å². The minimum atomic E-state index is -3.76. The molecule has 0 saturated carbocycles. The topological polar surface area (TPSA) is 119 Å². The first kappa shape index (κ1) is 21.9. The summed E-state index contributed by atoms with van der Waals surface area (Å²) in [6, 6.07) is 10.3. The second-order valence-electron chi connectivity index (χ2n) is 7.22. The molecule has 2 heterocycles. The Morgan fingerprint density at radius 2 is 1.78 bits per heavy atom. The molecule has 2 aromatic rings. The number of ketones is 1. The maximum atomic E-state index is 13.0. The third-order valence-electron chi connectivity index (χ3n) is 5.06. The third kappa shape index (κ3) is 4.33. The summed E-state index contributed by atoms with van der Waals surface area (Å²) in [6.07, 6.45) is 1.17. The van der Waals surface area contributed by atoms with Gasteiger partial charge in [0, 0.05) is 36.8 Å². The fourth-order valence-corrected chi connectivity index (χ4v) is 4.91. The van der Waals surface area contributed by atoms with E-state index in [4.69, 9.17) is 9.47 Å². The van der Waals surface area contributed by atoms with Crippen molar-refractivity contribution in [2.75, 3.05) is 31.6 Å². The molecule has 1 saturated heterocycles. The van der Waals surface area contributed by atoms with Crippen LogP contribution in [0.4, 0.5) is 5.69 Å². The molecule has 10 heteroatoms. The minimum Gasteiger partial charge on any atom is -0.427 e. The molecule has 9 nitrogen and oxygen atoms in total. The Kier molecular flexibility index (Phi) is 5.92. The summed E-state index contributed by atoms with van der Waals surface area (Å²) >= 11 is 0. The van der Waals surface area contributed by atoms with Crippen molar-refractivity contribution in [1.82, 2.24) is 4.31 Å². The molecule has 0 spiro atoms. The van der Waals surface area contributed by atoms with Crippen molar-refractivity contribution >= 4 is 38.9 Å². The zero-order chi connectivity index (χ0) is 22.9. The largest absolute Gasteiger partial charge is 0.427 e. The summed E-state index contributed by atoms with van der Waals surface area (Å²) in [5.74, 6) is -1.12.